The number of benzene rings is 2. The van der Waals surface area contributed by atoms with Gasteiger partial charge in [-0.1, -0.05) is 23.4 Å². The Bertz CT molecular complexity index is 1220. The van der Waals surface area contributed by atoms with Crippen LogP contribution in [0.4, 0.5) is 5.82 Å². The molecule has 0 spiro atoms. The van der Waals surface area contributed by atoms with Gasteiger partial charge in [0.15, 0.2) is 17.3 Å². The first-order valence-electron chi connectivity index (χ1n) is 10.9. The van der Waals surface area contributed by atoms with E-state index in [1.807, 2.05) is 45.0 Å². The first-order chi connectivity index (χ1) is 16.4. The largest absolute Gasteiger partial charge is 0.490 e. The molecule has 1 N–H and O–H groups in total. The summed E-state index contributed by atoms with van der Waals surface area (Å²) in [6, 6.07) is 14.7. The molecule has 8 heteroatoms. The molecule has 1 amide bonds. The Labute approximate surface area is 198 Å². The summed E-state index contributed by atoms with van der Waals surface area (Å²) in [7, 11) is 0. The van der Waals surface area contributed by atoms with Crippen molar-refractivity contribution in [2.45, 2.75) is 27.7 Å². The van der Waals surface area contributed by atoms with Crippen molar-refractivity contribution >= 4 is 17.8 Å². The van der Waals surface area contributed by atoms with E-state index in [4.69, 9.17) is 18.7 Å². The van der Waals surface area contributed by atoms with Crippen molar-refractivity contribution in [2.24, 2.45) is 0 Å². The minimum Gasteiger partial charge on any atom is -0.490 e. The van der Waals surface area contributed by atoms with Gasteiger partial charge in [-0.25, -0.2) is 0 Å². The average Bonchev–Trinajstić information content (AvgIpc) is 3.22. The molecule has 2 aromatic carbocycles. The molecular weight excluding hydrogens is 434 g/mol. The molecule has 0 aliphatic carbocycles. The lowest BCUT2D eigenvalue weighted by atomic mass is 10.1. The van der Waals surface area contributed by atoms with Gasteiger partial charge in [0.05, 0.1) is 6.61 Å². The average molecular weight is 462 g/mol. The fourth-order valence-corrected chi connectivity index (χ4v) is 3.09. The lowest BCUT2D eigenvalue weighted by molar-refractivity contribution is -0.112. The van der Waals surface area contributed by atoms with E-state index in [0.717, 1.165) is 16.9 Å². The number of nitriles is 1. The molecule has 0 atom stereocenters. The van der Waals surface area contributed by atoms with Gasteiger partial charge in [-0.3, -0.25) is 4.79 Å². The number of aryl methyl sites for hydroxylation is 3. The number of nitrogens with zero attached hydrogens (tertiary/aromatic N) is 2. The van der Waals surface area contributed by atoms with Crippen LogP contribution in [0.1, 0.15) is 29.4 Å². The molecule has 3 aromatic rings. The first-order valence-corrected chi connectivity index (χ1v) is 10.9. The standard InChI is InChI=1S/C26H27N3O5/c1-5-31-24-15-20(14-21(16-27)26(30)28-25-13-19(4)34-29-25)8-9-22(24)32-10-11-33-23-12-17(2)6-7-18(23)3/h6-9,12-15H,5,10-11H2,1-4H3,(H,28,29,30)/b21-14-. The zero-order valence-electron chi connectivity index (χ0n) is 19.7. The van der Waals surface area contributed by atoms with Crippen LogP contribution in [0, 0.1) is 32.1 Å². The smallest absolute Gasteiger partial charge is 0.267 e. The van der Waals surface area contributed by atoms with E-state index in [2.05, 4.69) is 10.5 Å². The van der Waals surface area contributed by atoms with E-state index in [0.29, 0.717) is 42.6 Å². The third-order valence-corrected chi connectivity index (χ3v) is 4.76. The maximum absolute atomic E-state index is 12.4. The van der Waals surface area contributed by atoms with E-state index >= 15 is 0 Å². The first kappa shape index (κ1) is 24.4. The van der Waals surface area contributed by atoms with Crippen LogP contribution in [0.15, 0.2) is 52.6 Å². The van der Waals surface area contributed by atoms with Gasteiger partial charge in [0.25, 0.3) is 5.91 Å². The number of anilines is 1. The Morgan fingerprint density at radius 3 is 2.47 bits per heavy atom. The van der Waals surface area contributed by atoms with Gasteiger partial charge in [0, 0.05) is 6.07 Å². The monoisotopic (exact) mass is 461 g/mol. The second-order valence-electron chi connectivity index (χ2n) is 7.55. The summed E-state index contributed by atoms with van der Waals surface area (Å²) in [5.41, 5.74) is 2.72. The Morgan fingerprint density at radius 2 is 1.79 bits per heavy atom. The molecule has 0 saturated heterocycles. The molecule has 8 nitrogen and oxygen atoms in total. The zero-order chi connectivity index (χ0) is 24.5. The van der Waals surface area contributed by atoms with Crippen LogP contribution in [0.2, 0.25) is 0 Å². The normalized spacial score (nSPS) is 11.0. The van der Waals surface area contributed by atoms with Crippen LogP contribution >= 0.6 is 0 Å². The predicted molar refractivity (Wildman–Crippen MR) is 128 cm³/mol. The highest BCUT2D eigenvalue weighted by Crippen LogP contribution is 2.29. The van der Waals surface area contributed by atoms with Gasteiger partial charge < -0.3 is 24.1 Å². The number of amides is 1. The van der Waals surface area contributed by atoms with Gasteiger partial charge >= 0.3 is 0 Å². The van der Waals surface area contributed by atoms with Crippen molar-refractivity contribution < 1.29 is 23.5 Å². The van der Waals surface area contributed by atoms with E-state index in [-0.39, 0.29) is 11.4 Å². The Hall–Kier alpha value is -4.25. The molecule has 0 aliphatic rings. The highest BCUT2D eigenvalue weighted by molar-refractivity contribution is 6.09. The van der Waals surface area contributed by atoms with E-state index < -0.39 is 5.91 Å². The van der Waals surface area contributed by atoms with Crippen molar-refractivity contribution in [2.75, 3.05) is 25.1 Å². The fourth-order valence-electron chi connectivity index (χ4n) is 3.09. The Kier molecular flexibility index (Phi) is 8.30. The molecule has 0 saturated carbocycles. The van der Waals surface area contributed by atoms with Gasteiger partial charge in [-0.05, 0) is 68.7 Å². The number of nitrogens with one attached hydrogen (secondary N) is 1. The van der Waals surface area contributed by atoms with Crippen molar-refractivity contribution in [3.63, 3.8) is 0 Å². The fraction of sp³-hybridized carbons (Fsp3) is 0.269. The molecule has 176 valence electrons. The predicted octanol–water partition coefficient (Wildman–Crippen LogP) is 5.00. The second kappa shape index (κ2) is 11.6. The molecule has 0 radical (unpaired) electrons. The number of carbonyl (C=O) groups excluding carboxylic acids is 1. The highest BCUT2D eigenvalue weighted by Gasteiger charge is 2.13. The SMILES string of the molecule is CCOc1cc(/C=C(/C#N)C(=O)Nc2cc(C)on2)ccc1OCCOc1cc(C)ccc1C. The topological polar surface area (TPSA) is 107 Å². The second-order valence-corrected chi connectivity index (χ2v) is 7.55. The van der Waals surface area contributed by atoms with Gasteiger partial charge in [0.1, 0.15) is 36.4 Å². The van der Waals surface area contributed by atoms with Crippen LogP contribution in [0.3, 0.4) is 0 Å². The maximum Gasteiger partial charge on any atom is 0.267 e. The summed E-state index contributed by atoms with van der Waals surface area (Å²) in [6.07, 6.45) is 1.47. The molecule has 1 aromatic heterocycles. The van der Waals surface area contributed by atoms with Gasteiger partial charge in [0.2, 0.25) is 0 Å². The molecular formula is C26H27N3O5. The molecule has 1 heterocycles. The van der Waals surface area contributed by atoms with E-state index in [1.165, 1.54) is 6.08 Å². The van der Waals surface area contributed by atoms with Gasteiger partial charge in [-0.2, -0.15) is 5.26 Å². The number of rotatable bonds is 10. The Morgan fingerprint density at radius 1 is 1.03 bits per heavy atom. The van der Waals surface area contributed by atoms with Crippen LogP contribution in [-0.2, 0) is 4.79 Å². The summed E-state index contributed by atoms with van der Waals surface area (Å²) in [6.45, 7) is 8.72. The summed E-state index contributed by atoms with van der Waals surface area (Å²) >= 11 is 0. The van der Waals surface area contributed by atoms with Crippen LogP contribution in [0.5, 0.6) is 17.2 Å². The van der Waals surface area contributed by atoms with Crippen molar-refractivity contribution in [3.8, 4) is 23.3 Å². The number of aromatic nitrogens is 1. The number of hydrogen-bond donors (Lipinski definition) is 1. The van der Waals surface area contributed by atoms with Gasteiger partial charge in [-0.15, -0.1) is 0 Å². The lowest BCUT2D eigenvalue weighted by Crippen LogP contribution is -2.13. The third kappa shape index (κ3) is 6.62. The number of carbonyl (C=O) groups is 1. The Balaban J connectivity index is 1.66. The summed E-state index contributed by atoms with van der Waals surface area (Å²) < 4.78 is 22.3. The number of ether oxygens (including phenoxy) is 3. The molecule has 0 bridgehead atoms. The minimum absolute atomic E-state index is 0.0845. The zero-order valence-corrected chi connectivity index (χ0v) is 19.7. The van der Waals surface area contributed by atoms with Crippen molar-refractivity contribution in [1.82, 2.24) is 5.16 Å². The molecule has 0 unspecified atom stereocenters. The summed E-state index contributed by atoms with van der Waals surface area (Å²) in [5, 5.41) is 15.7. The molecule has 34 heavy (non-hydrogen) atoms. The van der Waals surface area contributed by atoms with E-state index in [9.17, 15) is 10.1 Å². The lowest BCUT2D eigenvalue weighted by Gasteiger charge is -2.14. The summed E-state index contributed by atoms with van der Waals surface area (Å²) in [5.74, 6) is 2.09. The summed E-state index contributed by atoms with van der Waals surface area (Å²) in [4.78, 5) is 12.4. The van der Waals surface area contributed by atoms with Crippen molar-refractivity contribution in [1.29, 1.82) is 5.26 Å². The maximum atomic E-state index is 12.4. The highest BCUT2D eigenvalue weighted by atomic mass is 16.5. The molecule has 0 aliphatic heterocycles. The van der Waals surface area contributed by atoms with Crippen LogP contribution in [-0.4, -0.2) is 30.9 Å². The number of hydrogen-bond acceptors (Lipinski definition) is 7. The third-order valence-electron chi connectivity index (χ3n) is 4.76. The quantitative estimate of drug-likeness (QED) is 0.257. The van der Waals surface area contributed by atoms with Crippen LogP contribution in [0.25, 0.3) is 6.08 Å². The molecule has 3 rings (SSSR count). The van der Waals surface area contributed by atoms with Crippen molar-refractivity contribution in [3.05, 3.63) is 70.5 Å². The molecule has 0 fully saturated rings. The van der Waals surface area contributed by atoms with E-state index in [1.54, 1.807) is 31.2 Å². The van der Waals surface area contributed by atoms with Crippen LogP contribution < -0.4 is 19.5 Å². The minimum atomic E-state index is -0.585.